The molecular weight excluding hydrogens is 205 g/mol. The quantitative estimate of drug-likeness (QED) is 0.726. The van der Waals surface area contributed by atoms with E-state index in [0.717, 1.165) is 37.1 Å². The van der Waals surface area contributed by atoms with E-state index < -0.39 is 0 Å². The first-order valence-electron chi connectivity index (χ1n) is 5.90. The van der Waals surface area contributed by atoms with Crippen molar-refractivity contribution in [3.63, 3.8) is 0 Å². The van der Waals surface area contributed by atoms with E-state index in [0.29, 0.717) is 0 Å². The third-order valence-corrected chi connectivity index (χ3v) is 3.76. The van der Waals surface area contributed by atoms with Crippen LogP contribution in [-0.4, -0.2) is 13.1 Å². The Labute approximate surface area is 94.8 Å². The second kappa shape index (κ2) is 3.54. The van der Waals surface area contributed by atoms with E-state index in [1.54, 1.807) is 6.07 Å². The third-order valence-electron chi connectivity index (χ3n) is 3.76. The van der Waals surface area contributed by atoms with Crippen LogP contribution in [0.5, 0.6) is 0 Å². The summed E-state index contributed by atoms with van der Waals surface area (Å²) in [6.45, 7) is 3.94. The zero-order valence-electron chi connectivity index (χ0n) is 9.42. The first kappa shape index (κ1) is 10.2. The lowest BCUT2D eigenvalue weighted by Crippen LogP contribution is -2.39. The normalized spacial score (nSPS) is 27.0. The van der Waals surface area contributed by atoms with Crippen LogP contribution < -0.4 is 5.32 Å². The maximum Gasteiger partial charge on any atom is 0.123 e. The van der Waals surface area contributed by atoms with Crippen molar-refractivity contribution in [2.75, 3.05) is 13.1 Å². The maximum atomic E-state index is 13.4. The summed E-state index contributed by atoms with van der Waals surface area (Å²) in [4.78, 5) is 0. The van der Waals surface area contributed by atoms with Gasteiger partial charge in [-0.25, -0.2) is 4.39 Å². The van der Waals surface area contributed by atoms with Crippen LogP contribution in [0.2, 0.25) is 0 Å². The summed E-state index contributed by atoms with van der Waals surface area (Å²) < 4.78 is 19.5. The van der Waals surface area contributed by atoms with Gasteiger partial charge in [0.2, 0.25) is 0 Å². The van der Waals surface area contributed by atoms with E-state index in [4.69, 9.17) is 4.74 Å². The van der Waals surface area contributed by atoms with Crippen LogP contribution in [0, 0.1) is 5.82 Å². The number of nitrogens with one attached hydrogen (secondary N) is 1. The number of hydrogen-bond acceptors (Lipinski definition) is 2. The van der Waals surface area contributed by atoms with Gasteiger partial charge in [-0.2, -0.15) is 0 Å². The van der Waals surface area contributed by atoms with E-state index >= 15 is 0 Å². The maximum absolute atomic E-state index is 13.4. The lowest BCUT2D eigenvalue weighted by atomic mass is 9.84. The summed E-state index contributed by atoms with van der Waals surface area (Å²) in [5.74, 6) is -0.158. The topological polar surface area (TPSA) is 21.3 Å². The van der Waals surface area contributed by atoms with Crippen molar-refractivity contribution in [2.24, 2.45) is 0 Å². The van der Waals surface area contributed by atoms with Gasteiger partial charge in [0.05, 0.1) is 11.7 Å². The van der Waals surface area contributed by atoms with Gasteiger partial charge in [0.15, 0.2) is 0 Å². The van der Waals surface area contributed by atoms with Crippen LogP contribution >= 0.6 is 0 Å². The van der Waals surface area contributed by atoms with Gasteiger partial charge in [-0.05, 0) is 56.1 Å². The number of rotatable bonds is 0. The smallest absolute Gasteiger partial charge is 0.123 e. The first-order valence-corrected chi connectivity index (χ1v) is 5.90. The van der Waals surface area contributed by atoms with Gasteiger partial charge < -0.3 is 10.1 Å². The molecule has 1 unspecified atom stereocenters. The molecule has 2 aliphatic rings. The fourth-order valence-corrected chi connectivity index (χ4v) is 2.96. The Morgan fingerprint density at radius 1 is 1.38 bits per heavy atom. The molecule has 1 atom stereocenters. The molecule has 86 valence electrons. The molecule has 0 saturated carbocycles. The van der Waals surface area contributed by atoms with Gasteiger partial charge in [0.25, 0.3) is 0 Å². The Morgan fingerprint density at radius 2 is 2.12 bits per heavy atom. The van der Waals surface area contributed by atoms with E-state index in [1.807, 2.05) is 13.0 Å². The minimum Gasteiger partial charge on any atom is -0.363 e. The number of piperidine rings is 1. The summed E-state index contributed by atoms with van der Waals surface area (Å²) >= 11 is 0. The summed E-state index contributed by atoms with van der Waals surface area (Å²) in [6.07, 6.45) is 1.97. The molecule has 0 radical (unpaired) electrons. The third kappa shape index (κ3) is 1.39. The molecule has 3 rings (SSSR count). The molecule has 2 aliphatic heterocycles. The molecule has 0 aromatic heterocycles. The minimum absolute atomic E-state index is 0.0914. The highest BCUT2D eigenvalue weighted by Crippen LogP contribution is 2.48. The molecule has 1 saturated heterocycles. The van der Waals surface area contributed by atoms with Crippen molar-refractivity contribution in [2.45, 2.75) is 31.5 Å². The highest BCUT2D eigenvalue weighted by Gasteiger charge is 2.44. The number of fused-ring (bicyclic) bond motifs is 2. The van der Waals surface area contributed by atoms with Gasteiger partial charge in [0.1, 0.15) is 5.82 Å². The average Bonchev–Trinajstić information content (AvgIpc) is 2.53. The second-order valence-corrected chi connectivity index (χ2v) is 4.74. The largest absolute Gasteiger partial charge is 0.363 e. The summed E-state index contributed by atoms with van der Waals surface area (Å²) in [7, 11) is 0. The highest BCUT2D eigenvalue weighted by molar-refractivity contribution is 5.38. The second-order valence-electron chi connectivity index (χ2n) is 4.74. The summed E-state index contributed by atoms with van der Waals surface area (Å²) in [5.41, 5.74) is 1.99. The SMILES string of the molecule is CC1OC2(CCNCC2)c2cc(F)ccc21. The summed E-state index contributed by atoms with van der Waals surface area (Å²) in [5, 5.41) is 3.32. The molecule has 1 fully saturated rings. The fraction of sp³-hybridized carbons (Fsp3) is 0.538. The summed E-state index contributed by atoms with van der Waals surface area (Å²) in [6, 6.07) is 5.05. The molecule has 2 heterocycles. The number of ether oxygens (including phenoxy) is 1. The van der Waals surface area contributed by atoms with Crippen LogP contribution in [0.4, 0.5) is 4.39 Å². The van der Waals surface area contributed by atoms with Crippen LogP contribution in [0.1, 0.15) is 37.0 Å². The van der Waals surface area contributed by atoms with Crippen molar-refractivity contribution in [1.82, 2.24) is 5.32 Å². The minimum atomic E-state index is -0.234. The van der Waals surface area contributed by atoms with Gasteiger partial charge in [-0.1, -0.05) is 6.07 Å². The van der Waals surface area contributed by atoms with Crippen molar-refractivity contribution in [3.8, 4) is 0 Å². The van der Waals surface area contributed by atoms with Crippen LogP contribution in [0.15, 0.2) is 18.2 Å². The number of halogens is 1. The van der Waals surface area contributed by atoms with Gasteiger partial charge >= 0.3 is 0 Å². The van der Waals surface area contributed by atoms with Gasteiger partial charge in [-0.15, -0.1) is 0 Å². The van der Waals surface area contributed by atoms with Crippen LogP contribution in [-0.2, 0) is 10.3 Å². The van der Waals surface area contributed by atoms with E-state index in [2.05, 4.69) is 5.32 Å². The molecule has 2 nitrogen and oxygen atoms in total. The molecule has 1 aromatic carbocycles. The van der Waals surface area contributed by atoms with Crippen molar-refractivity contribution in [1.29, 1.82) is 0 Å². The molecule has 0 amide bonds. The highest BCUT2D eigenvalue weighted by atomic mass is 19.1. The molecular formula is C13H16FNO. The predicted molar refractivity (Wildman–Crippen MR) is 59.7 cm³/mol. The lowest BCUT2D eigenvalue weighted by molar-refractivity contribution is -0.0875. The Morgan fingerprint density at radius 3 is 2.88 bits per heavy atom. The number of hydrogen-bond donors (Lipinski definition) is 1. The monoisotopic (exact) mass is 221 g/mol. The predicted octanol–water partition coefficient (Wildman–Crippen LogP) is 2.50. The zero-order chi connectivity index (χ0) is 11.2. The van der Waals surface area contributed by atoms with Crippen molar-refractivity contribution >= 4 is 0 Å². The molecule has 0 aliphatic carbocycles. The fourth-order valence-electron chi connectivity index (χ4n) is 2.96. The molecule has 16 heavy (non-hydrogen) atoms. The molecule has 0 bridgehead atoms. The Balaban J connectivity index is 2.09. The number of benzene rings is 1. The van der Waals surface area contributed by atoms with E-state index in [-0.39, 0.29) is 17.5 Å². The molecule has 1 spiro atoms. The van der Waals surface area contributed by atoms with E-state index in [1.165, 1.54) is 6.07 Å². The average molecular weight is 221 g/mol. The molecule has 3 heteroatoms. The van der Waals surface area contributed by atoms with Crippen molar-refractivity contribution < 1.29 is 9.13 Å². The molecule has 1 N–H and O–H groups in total. The zero-order valence-corrected chi connectivity index (χ0v) is 9.42. The lowest BCUT2D eigenvalue weighted by Gasteiger charge is -2.34. The Bertz CT molecular complexity index is 412. The van der Waals surface area contributed by atoms with Crippen LogP contribution in [0.25, 0.3) is 0 Å². The van der Waals surface area contributed by atoms with E-state index in [9.17, 15) is 4.39 Å². The van der Waals surface area contributed by atoms with Crippen LogP contribution in [0.3, 0.4) is 0 Å². The standard InChI is InChI=1S/C13H16FNO/c1-9-11-3-2-10(14)8-12(11)13(16-9)4-6-15-7-5-13/h2-3,8-9,15H,4-7H2,1H3. The Hall–Kier alpha value is -0.930. The van der Waals surface area contributed by atoms with Crippen molar-refractivity contribution in [3.05, 3.63) is 35.1 Å². The first-order chi connectivity index (χ1) is 7.71. The molecule has 1 aromatic rings. The van der Waals surface area contributed by atoms with Gasteiger partial charge in [0, 0.05) is 0 Å². The Kier molecular flexibility index (Phi) is 2.26. The van der Waals surface area contributed by atoms with Gasteiger partial charge in [-0.3, -0.25) is 0 Å².